The number of aromatic nitrogens is 1. The minimum atomic E-state index is -0.833. The zero-order valence-electron chi connectivity index (χ0n) is 25.5. The first kappa shape index (κ1) is 32.9. The Labute approximate surface area is 263 Å². The van der Waals surface area contributed by atoms with E-state index in [2.05, 4.69) is 10.3 Å². The van der Waals surface area contributed by atoms with Gasteiger partial charge in [0.1, 0.15) is 5.75 Å². The van der Waals surface area contributed by atoms with Crippen LogP contribution < -0.4 is 10.1 Å². The van der Waals surface area contributed by atoms with Crippen LogP contribution in [0.1, 0.15) is 42.4 Å². The maximum Gasteiger partial charge on any atom is 0.300 e. The Morgan fingerprint density at radius 1 is 1.00 bits per heavy atom. The first-order chi connectivity index (χ1) is 21.8. The Hall–Kier alpha value is -4.99. The smallest absolute Gasteiger partial charge is 0.300 e. The molecule has 3 heterocycles. The molecule has 2 bridgehead atoms. The van der Waals surface area contributed by atoms with E-state index in [1.807, 2.05) is 66.7 Å². The zero-order valence-corrected chi connectivity index (χ0v) is 25.5. The van der Waals surface area contributed by atoms with E-state index in [-0.39, 0.29) is 23.6 Å². The summed E-state index contributed by atoms with van der Waals surface area (Å²) in [5, 5.41) is 10.5. The molecule has 1 aromatic heterocycles. The van der Waals surface area contributed by atoms with Crippen molar-refractivity contribution in [2.75, 3.05) is 39.3 Å². The van der Waals surface area contributed by atoms with Crippen molar-refractivity contribution in [3.8, 4) is 5.75 Å². The van der Waals surface area contributed by atoms with Crippen LogP contribution in [0.3, 0.4) is 0 Å². The van der Waals surface area contributed by atoms with Crippen molar-refractivity contribution in [3.63, 3.8) is 0 Å². The van der Waals surface area contributed by atoms with Gasteiger partial charge in [-0.2, -0.15) is 0 Å². The van der Waals surface area contributed by atoms with E-state index in [1.165, 1.54) is 0 Å². The largest absolute Gasteiger partial charge is 0.494 e. The predicted octanol–water partition coefficient (Wildman–Crippen LogP) is 3.79. The maximum absolute atomic E-state index is 13.5. The van der Waals surface area contributed by atoms with Crippen LogP contribution in [-0.2, 0) is 25.6 Å². The normalized spacial score (nSPS) is 18.5. The van der Waals surface area contributed by atoms with Crippen LogP contribution in [0, 0.1) is 5.92 Å². The van der Waals surface area contributed by atoms with E-state index in [0.29, 0.717) is 58.6 Å². The second-order valence-corrected chi connectivity index (χ2v) is 11.0. The summed E-state index contributed by atoms with van der Waals surface area (Å²) in [6.45, 7) is 3.62. The summed E-state index contributed by atoms with van der Waals surface area (Å²) in [6, 6.07) is 21.3. The summed E-state index contributed by atoms with van der Waals surface area (Å²) in [5.41, 5.74) is 2.95. The SMILES string of the molecule is CC(=O)O.O=C1NCCN(C(=O)C=Cc2ccccc2)CCCOc2cccc(c2)[C@H]2CN(C(=O)CCc3cccnc3)C[C@H]12. The number of ether oxygens (including phenoxy) is 1. The van der Waals surface area contributed by atoms with Gasteiger partial charge in [0.2, 0.25) is 17.7 Å². The maximum atomic E-state index is 13.5. The first-order valence-corrected chi connectivity index (χ1v) is 15.2. The van der Waals surface area contributed by atoms with Gasteiger partial charge in [-0.05, 0) is 53.8 Å². The van der Waals surface area contributed by atoms with Gasteiger partial charge in [0.05, 0.1) is 12.5 Å². The van der Waals surface area contributed by atoms with E-state index in [0.717, 1.165) is 29.4 Å². The van der Waals surface area contributed by atoms with Crippen LogP contribution in [-0.4, -0.2) is 82.9 Å². The fraction of sp³-hybridized carbons (Fsp3) is 0.343. The lowest BCUT2D eigenvalue weighted by Gasteiger charge is -2.24. The number of carbonyl (C=O) groups is 4. The highest BCUT2D eigenvalue weighted by molar-refractivity contribution is 5.92. The molecule has 0 radical (unpaired) electrons. The Balaban J connectivity index is 0.00000109. The molecule has 3 aromatic rings. The Morgan fingerprint density at radius 2 is 1.78 bits per heavy atom. The number of hydrogen-bond acceptors (Lipinski definition) is 6. The van der Waals surface area contributed by atoms with Gasteiger partial charge in [-0.25, -0.2) is 0 Å². The number of likely N-dealkylation sites (tertiary alicyclic amines) is 1. The Kier molecular flexibility index (Phi) is 12.2. The molecule has 45 heavy (non-hydrogen) atoms. The number of aryl methyl sites for hydroxylation is 1. The number of nitrogens with zero attached hydrogens (tertiary/aromatic N) is 3. The van der Waals surface area contributed by atoms with Crippen molar-refractivity contribution in [1.82, 2.24) is 20.1 Å². The van der Waals surface area contributed by atoms with Crippen molar-refractivity contribution >= 4 is 29.8 Å². The van der Waals surface area contributed by atoms with Gasteiger partial charge in [-0.3, -0.25) is 24.2 Å². The van der Waals surface area contributed by atoms with Crippen molar-refractivity contribution < 1.29 is 29.0 Å². The molecule has 0 unspecified atom stereocenters. The molecule has 2 N–H and O–H groups in total. The number of amides is 3. The van der Waals surface area contributed by atoms with Crippen LogP contribution in [0.5, 0.6) is 5.75 Å². The van der Waals surface area contributed by atoms with E-state index in [4.69, 9.17) is 14.6 Å². The minimum Gasteiger partial charge on any atom is -0.494 e. The average molecular weight is 613 g/mol. The highest BCUT2D eigenvalue weighted by atomic mass is 16.5. The fourth-order valence-electron chi connectivity index (χ4n) is 5.46. The number of benzene rings is 2. The highest BCUT2D eigenvalue weighted by Crippen LogP contribution is 2.35. The molecule has 10 heteroatoms. The molecule has 5 rings (SSSR count). The number of carboxylic acids is 1. The molecule has 1 saturated heterocycles. The number of pyridine rings is 1. The lowest BCUT2D eigenvalue weighted by atomic mass is 9.88. The summed E-state index contributed by atoms with van der Waals surface area (Å²) in [5.74, 6) is -0.828. The molecule has 10 nitrogen and oxygen atoms in total. The van der Waals surface area contributed by atoms with Crippen molar-refractivity contribution in [2.24, 2.45) is 5.92 Å². The van der Waals surface area contributed by atoms with Gasteiger partial charge in [0, 0.05) is 70.5 Å². The van der Waals surface area contributed by atoms with E-state index in [1.54, 1.807) is 34.3 Å². The minimum absolute atomic E-state index is 0.0291. The first-order valence-electron chi connectivity index (χ1n) is 15.2. The molecule has 1 fully saturated rings. The molecule has 3 amide bonds. The number of rotatable bonds is 5. The third kappa shape index (κ3) is 10.3. The molecule has 0 aliphatic carbocycles. The van der Waals surface area contributed by atoms with Crippen LogP contribution >= 0.6 is 0 Å². The van der Waals surface area contributed by atoms with Crippen LogP contribution in [0.15, 0.2) is 85.2 Å². The summed E-state index contributed by atoms with van der Waals surface area (Å²) in [7, 11) is 0. The van der Waals surface area contributed by atoms with Gasteiger partial charge in [-0.15, -0.1) is 0 Å². The topological polar surface area (TPSA) is 129 Å². The lowest BCUT2D eigenvalue weighted by Crippen LogP contribution is -2.42. The quantitative estimate of drug-likeness (QED) is 0.420. The van der Waals surface area contributed by atoms with E-state index >= 15 is 0 Å². The van der Waals surface area contributed by atoms with Crippen molar-refractivity contribution in [2.45, 2.75) is 32.1 Å². The number of carboxylic acid groups (broad SMARTS) is 1. The molecule has 2 atom stereocenters. The van der Waals surface area contributed by atoms with Crippen LogP contribution in [0.4, 0.5) is 0 Å². The van der Waals surface area contributed by atoms with E-state index in [9.17, 15) is 14.4 Å². The van der Waals surface area contributed by atoms with Gasteiger partial charge < -0.3 is 25.0 Å². The molecular weight excluding hydrogens is 572 g/mol. The second-order valence-electron chi connectivity index (χ2n) is 11.0. The number of aliphatic carboxylic acids is 1. The number of fused-ring (bicyclic) bond motifs is 4. The molecular formula is C35H40N4O6. The van der Waals surface area contributed by atoms with Gasteiger partial charge in [-0.1, -0.05) is 48.5 Å². The van der Waals surface area contributed by atoms with Gasteiger partial charge in [0.25, 0.3) is 5.97 Å². The lowest BCUT2D eigenvalue weighted by molar-refractivity contribution is -0.134. The molecule has 2 aromatic carbocycles. The molecule has 0 saturated carbocycles. The third-order valence-electron chi connectivity index (χ3n) is 7.70. The van der Waals surface area contributed by atoms with Crippen LogP contribution in [0.25, 0.3) is 6.08 Å². The number of carbonyl (C=O) groups excluding carboxylic acids is 3. The monoisotopic (exact) mass is 612 g/mol. The molecule has 2 aliphatic heterocycles. The summed E-state index contributed by atoms with van der Waals surface area (Å²) >= 11 is 0. The van der Waals surface area contributed by atoms with Crippen molar-refractivity contribution in [1.29, 1.82) is 0 Å². The molecule has 0 spiro atoms. The number of nitrogens with one attached hydrogen (secondary N) is 1. The summed E-state index contributed by atoms with van der Waals surface area (Å²) in [4.78, 5) is 56.4. The standard InChI is InChI=1S/C33H36N4O4.C2H4O2/c38-31(14-12-25-7-2-1-3-8-25)36-18-6-20-41-28-11-4-10-27(21-28)29-23-37(24-30(29)33(40)35-17-19-36)32(39)15-13-26-9-5-16-34-22-26;1-2(3)4/h1-5,7-12,14,16,21-22,29-30H,6,13,15,17-20,23-24H2,(H,35,40);1H3,(H,3,4)/t29-,30+;/m1./s1. The zero-order chi connectivity index (χ0) is 32.0. The fourth-order valence-corrected chi connectivity index (χ4v) is 5.46. The predicted molar refractivity (Wildman–Crippen MR) is 170 cm³/mol. The van der Waals surface area contributed by atoms with Crippen molar-refractivity contribution in [3.05, 3.63) is 102 Å². The third-order valence-corrected chi connectivity index (χ3v) is 7.70. The van der Waals surface area contributed by atoms with Gasteiger partial charge in [0.15, 0.2) is 0 Å². The second kappa shape index (κ2) is 16.7. The Bertz CT molecular complexity index is 1460. The summed E-state index contributed by atoms with van der Waals surface area (Å²) < 4.78 is 6.04. The number of hydrogen-bond donors (Lipinski definition) is 2. The van der Waals surface area contributed by atoms with Crippen LogP contribution in [0.2, 0.25) is 0 Å². The van der Waals surface area contributed by atoms with Gasteiger partial charge >= 0.3 is 0 Å². The molecule has 2 aliphatic rings. The molecule has 236 valence electrons. The summed E-state index contributed by atoms with van der Waals surface area (Å²) in [6.07, 6.45) is 8.51. The average Bonchev–Trinajstić information content (AvgIpc) is 3.50. The Morgan fingerprint density at radius 3 is 2.53 bits per heavy atom. The van der Waals surface area contributed by atoms with E-state index < -0.39 is 11.9 Å². The highest BCUT2D eigenvalue weighted by Gasteiger charge is 2.40.